The van der Waals surface area contributed by atoms with Crippen molar-refractivity contribution in [2.45, 2.75) is 71.3 Å². The first-order valence-corrected chi connectivity index (χ1v) is 12.3. The zero-order chi connectivity index (χ0) is 24.8. The quantitative estimate of drug-likeness (QED) is 0.260. The topological polar surface area (TPSA) is 112 Å². The highest BCUT2D eigenvalue weighted by Gasteiger charge is 2.26. The fraction of sp³-hybridized carbons (Fsp3) is 0.520. The number of carbonyl (C=O) groups excluding carboxylic acids is 2. The predicted molar refractivity (Wildman–Crippen MR) is 138 cm³/mol. The number of carbonyl (C=O) groups is 2. The molecule has 2 aromatic heterocycles. The molecule has 0 aromatic carbocycles. The fourth-order valence-electron chi connectivity index (χ4n) is 3.42. The minimum atomic E-state index is -0.197. The van der Waals surface area contributed by atoms with Crippen LogP contribution in [0.25, 0.3) is 5.65 Å². The lowest BCUT2D eigenvalue weighted by Crippen LogP contribution is -2.25. The van der Waals surface area contributed by atoms with E-state index in [1.54, 1.807) is 43.0 Å². The molecule has 2 heterocycles. The van der Waals surface area contributed by atoms with Gasteiger partial charge in [-0.2, -0.15) is 9.61 Å². The maximum absolute atomic E-state index is 12.4. The van der Waals surface area contributed by atoms with Crippen LogP contribution in [0.5, 0.6) is 0 Å². The van der Waals surface area contributed by atoms with Crippen molar-refractivity contribution in [3.63, 3.8) is 0 Å². The summed E-state index contributed by atoms with van der Waals surface area (Å²) in [4.78, 5) is 28.1. The standard InChI is InChI=1S/C17H21N7O2.C6H12.C2H6/c1-18-7-3-4-12(10-25)21-14-8-15(19-2)24-16(23-14)13(9-20-24)17(26)22-11-5-6-11;1-2-4-6-5-3-1;1-2/h3-4,7-11,18-19H,5-6H2,1-2H3,(H,21,23)(H,22,26);1-6H2;1-2H3/b7-3-,12-4+;;. The van der Waals surface area contributed by atoms with Gasteiger partial charge in [0.25, 0.3) is 5.91 Å². The number of anilines is 2. The monoisotopic (exact) mass is 469 g/mol. The van der Waals surface area contributed by atoms with Crippen LogP contribution >= 0.6 is 0 Å². The van der Waals surface area contributed by atoms with Crippen LogP contribution in [0, 0.1) is 0 Å². The van der Waals surface area contributed by atoms with Crippen LogP contribution in [-0.2, 0) is 4.79 Å². The Labute approximate surface area is 202 Å². The molecular weight excluding hydrogens is 430 g/mol. The van der Waals surface area contributed by atoms with E-state index in [4.69, 9.17) is 0 Å². The summed E-state index contributed by atoms with van der Waals surface area (Å²) in [5.74, 6) is 0.871. The number of aldehydes is 1. The normalized spacial score (nSPS) is 15.5. The van der Waals surface area contributed by atoms with Crippen molar-refractivity contribution in [3.8, 4) is 0 Å². The number of allylic oxidation sites excluding steroid dienone is 3. The average molecular weight is 470 g/mol. The second kappa shape index (κ2) is 14.7. The van der Waals surface area contributed by atoms with Crippen molar-refractivity contribution < 1.29 is 9.59 Å². The first-order chi connectivity index (χ1) is 16.7. The van der Waals surface area contributed by atoms with E-state index in [0.717, 1.165) is 12.8 Å². The minimum Gasteiger partial charge on any atom is -0.394 e. The maximum atomic E-state index is 12.4. The van der Waals surface area contributed by atoms with Crippen LogP contribution in [0.15, 0.2) is 36.3 Å². The van der Waals surface area contributed by atoms with Crippen molar-refractivity contribution in [3.05, 3.63) is 41.9 Å². The maximum Gasteiger partial charge on any atom is 0.256 e. The van der Waals surface area contributed by atoms with Gasteiger partial charge in [0.05, 0.1) is 11.9 Å². The van der Waals surface area contributed by atoms with Crippen LogP contribution < -0.4 is 21.3 Å². The van der Waals surface area contributed by atoms with Gasteiger partial charge in [-0.15, -0.1) is 0 Å². The van der Waals surface area contributed by atoms with E-state index in [0.29, 0.717) is 34.8 Å². The van der Waals surface area contributed by atoms with E-state index >= 15 is 0 Å². The van der Waals surface area contributed by atoms with Crippen molar-refractivity contribution in [2.24, 2.45) is 0 Å². The molecule has 9 nitrogen and oxygen atoms in total. The van der Waals surface area contributed by atoms with E-state index in [9.17, 15) is 9.59 Å². The Kier molecular flexibility index (Phi) is 11.6. The van der Waals surface area contributed by atoms with E-state index < -0.39 is 0 Å². The van der Waals surface area contributed by atoms with Gasteiger partial charge in [-0.25, -0.2) is 4.98 Å². The summed E-state index contributed by atoms with van der Waals surface area (Å²) in [5.41, 5.74) is 1.14. The van der Waals surface area contributed by atoms with Crippen LogP contribution in [0.2, 0.25) is 0 Å². The van der Waals surface area contributed by atoms with Crippen LogP contribution in [0.1, 0.15) is 75.6 Å². The summed E-state index contributed by atoms with van der Waals surface area (Å²) in [6, 6.07) is 1.95. The molecule has 2 aliphatic carbocycles. The lowest BCUT2D eigenvalue weighted by atomic mass is 10.0. The Balaban J connectivity index is 0.000000437. The first kappa shape index (κ1) is 26.9. The third kappa shape index (κ3) is 8.20. The van der Waals surface area contributed by atoms with Crippen molar-refractivity contribution in [2.75, 3.05) is 24.7 Å². The molecule has 4 rings (SSSR count). The Morgan fingerprint density at radius 3 is 2.26 bits per heavy atom. The molecule has 2 aromatic rings. The highest BCUT2D eigenvalue weighted by Crippen LogP contribution is 2.22. The molecule has 0 saturated heterocycles. The van der Waals surface area contributed by atoms with E-state index in [2.05, 4.69) is 31.3 Å². The number of hydrogen-bond donors (Lipinski definition) is 4. The van der Waals surface area contributed by atoms with Gasteiger partial charge < -0.3 is 21.3 Å². The van der Waals surface area contributed by atoms with Gasteiger partial charge in [-0.05, 0) is 31.2 Å². The van der Waals surface area contributed by atoms with Crippen LogP contribution in [0.3, 0.4) is 0 Å². The fourth-order valence-corrected chi connectivity index (χ4v) is 3.42. The Morgan fingerprint density at radius 2 is 1.74 bits per heavy atom. The first-order valence-electron chi connectivity index (χ1n) is 12.3. The Hall–Kier alpha value is -3.36. The molecule has 0 atom stereocenters. The number of hydrogen-bond acceptors (Lipinski definition) is 7. The third-order valence-electron chi connectivity index (χ3n) is 5.32. The van der Waals surface area contributed by atoms with Gasteiger partial charge in [-0.1, -0.05) is 52.4 Å². The highest BCUT2D eigenvalue weighted by molar-refractivity contribution is 6.00. The molecule has 2 fully saturated rings. The van der Waals surface area contributed by atoms with Gasteiger partial charge in [-0.3, -0.25) is 9.59 Å². The van der Waals surface area contributed by atoms with Gasteiger partial charge in [0.2, 0.25) is 0 Å². The summed E-state index contributed by atoms with van der Waals surface area (Å²) in [6.07, 6.45) is 18.2. The largest absolute Gasteiger partial charge is 0.394 e. The van der Waals surface area contributed by atoms with E-state index in [1.165, 1.54) is 44.7 Å². The summed E-state index contributed by atoms with van der Waals surface area (Å²) >= 11 is 0. The predicted octanol–water partition coefficient (Wildman–Crippen LogP) is 4.26. The molecule has 2 aliphatic rings. The second-order valence-corrected chi connectivity index (χ2v) is 7.95. The molecule has 0 radical (unpaired) electrons. The number of fused-ring (bicyclic) bond motifs is 1. The van der Waals surface area contributed by atoms with Crippen LogP contribution in [-0.4, -0.2) is 46.9 Å². The second-order valence-electron chi connectivity index (χ2n) is 7.95. The van der Waals surface area contributed by atoms with E-state index in [1.807, 2.05) is 13.8 Å². The third-order valence-corrected chi connectivity index (χ3v) is 5.32. The zero-order valence-electron chi connectivity index (χ0n) is 20.9. The molecule has 0 aliphatic heterocycles. The lowest BCUT2D eigenvalue weighted by molar-refractivity contribution is -0.104. The number of nitrogens with zero attached hydrogens (tertiary/aromatic N) is 3. The minimum absolute atomic E-state index is 0.197. The molecule has 4 N–H and O–H groups in total. The summed E-state index contributed by atoms with van der Waals surface area (Å²) in [5, 5.41) is 16.0. The van der Waals surface area contributed by atoms with Gasteiger partial charge in [0, 0.05) is 26.2 Å². The molecule has 0 spiro atoms. The molecule has 9 heteroatoms. The van der Waals surface area contributed by atoms with Crippen molar-refractivity contribution in [1.82, 2.24) is 25.2 Å². The molecule has 0 bridgehead atoms. The number of rotatable bonds is 8. The Morgan fingerprint density at radius 1 is 1.09 bits per heavy atom. The van der Waals surface area contributed by atoms with Gasteiger partial charge in [0.1, 0.15) is 17.2 Å². The molecule has 2 saturated carbocycles. The van der Waals surface area contributed by atoms with Crippen molar-refractivity contribution >= 4 is 29.5 Å². The number of amides is 1. The number of aromatic nitrogens is 3. The molecule has 0 unspecified atom stereocenters. The van der Waals surface area contributed by atoms with Crippen molar-refractivity contribution in [1.29, 1.82) is 0 Å². The van der Waals surface area contributed by atoms with Crippen LogP contribution in [0.4, 0.5) is 11.6 Å². The van der Waals surface area contributed by atoms with E-state index in [-0.39, 0.29) is 11.9 Å². The smallest absolute Gasteiger partial charge is 0.256 e. The average Bonchev–Trinajstić information content (AvgIpc) is 3.60. The molecule has 34 heavy (non-hydrogen) atoms. The Bertz CT molecular complexity index is 962. The molecular formula is C25H39N7O2. The summed E-state index contributed by atoms with van der Waals surface area (Å²) < 4.78 is 1.55. The van der Waals surface area contributed by atoms with Gasteiger partial charge >= 0.3 is 0 Å². The summed E-state index contributed by atoms with van der Waals surface area (Å²) in [7, 11) is 3.51. The van der Waals surface area contributed by atoms with Gasteiger partial charge in [0.15, 0.2) is 11.9 Å². The molecule has 186 valence electrons. The number of nitrogens with one attached hydrogen (secondary N) is 4. The lowest BCUT2D eigenvalue weighted by Gasteiger charge is -2.10. The highest BCUT2D eigenvalue weighted by atomic mass is 16.1. The zero-order valence-corrected chi connectivity index (χ0v) is 20.9. The SMILES string of the molecule is C1CCCCC1.CC.CN/C=C\C=C(/C=O)Nc1cc(NC)n2ncc(C(=O)NC3CC3)c2n1. The summed E-state index contributed by atoms with van der Waals surface area (Å²) in [6.45, 7) is 4.00. The molecule has 1 amide bonds.